The molecule has 0 aliphatic rings. The largest absolute Gasteiger partial charge is 0.340 e. The lowest BCUT2D eigenvalue weighted by atomic mass is 10.2. The minimum atomic E-state index is 0.350. The predicted molar refractivity (Wildman–Crippen MR) is 117 cm³/mol. The van der Waals surface area contributed by atoms with E-state index in [1.54, 1.807) is 6.33 Å². The number of fused-ring (bicyclic) bond motifs is 2. The monoisotopic (exact) mass is 393 g/mol. The topological polar surface area (TPSA) is 55.6 Å². The van der Waals surface area contributed by atoms with E-state index in [4.69, 9.17) is 16.6 Å². The molecule has 5 nitrogen and oxygen atoms in total. The van der Waals surface area contributed by atoms with Gasteiger partial charge in [-0.3, -0.25) is 0 Å². The van der Waals surface area contributed by atoms with E-state index in [1.165, 1.54) is 0 Å². The van der Waals surface area contributed by atoms with Gasteiger partial charge in [0.1, 0.15) is 18.0 Å². The first-order valence-electron chi connectivity index (χ1n) is 9.75. The van der Waals surface area contributed by atoms with Crippen LogP contribution in [-0.4, -0.2) is 19.5 Å². The van der Waals surface area contributed by atoms with Crippen molar-refractivity contribution in [3.63, 3.8) is 0 Å². The molecule has 0 unspecified atom stereocenters. The lowest BCUT2D eigenvalue weighted by molar-refractivity contribution is 0.574. The number of aromatic nitrogens is 4. The SMILES string of the molecule is CCCCc1nc2cc3c(Nc4ccc(Cl)cc4)ncnc3cc2n1C(C)C. The van der Waals surface area contributed by atoms with Crippen LogP contribution >= 0.6 is 11.6 Å². The van der Waals surface area contributed by atoms with Crippen molar-refractivity contribution >= 4 is 45.0 Å². The van der Waals surface area contributed by atoms with Crippen LogP contribution in [0, 0.1) is 0 Å². The highest BCUT2D eigenvalue weighted by Gasteiger charge is 2.15. The van der Waals surface area contributed by atoms with Crippen molar-refractivity contribution in [3.8, 4) is 0 Å². The number of benzene rings is 2. The fourth-order valence-electron chi connectivity index (χ4n) is 3.55. The van der Waals surface area contributed by atoms with Gasteiger partial charge < -0.3 is 9.88 Å². The second kappa shape index (κ2) is 7.76. The zero-order chi connectivity index (χ0) is 19.7. The zero-order valence-electron chi connectivity index (χ0n) is 16.4. The third-order valence-electron chi connectivity index (χ3n) is 4.90. The first-order chi connectivity index (χ1) is 13.6. The molecule has 0 amide bonds. The maximum atomic E-state index is 5.99. The molecular formula is C22H24ClN5. The van der Waals surface area contributed by atoms with Crippen molar-refractivity contribution in [2.75, 3.05) is 5.32 Å². The summed E-state index contributed by atoms with van der Waals surface area (Å²) in [6.07, 6.45) is 4.88. The molecule has 0 aliphatic heterocycles. The van der Waals surface area contributed by atoms with Crippen molar-refractivity contribution < 1.29 is 0 Å². The Balaban J connectivity index is 1.83. The van der Waals surface area contributed by atoms with E-state index < -0.39 is 0 Å². The van der Waals surface area contributed by atoms with Crippen LogP contribution in [0.3, 0.4) is 0 Å². The Morgan fingerprint density at radius 2 is 1.86 bits per heavy atom. The van der Waals surface area contributed by atoms with Crippen molar-refractivity contribution in [3.05, 3.63) is 53.6 Å². The summed E-state index contributed by atoms with van der Waals surface area (Å²) in [5, 5.41) is 5.04. The van der Waals surface area contributed by atoms with E-state index in [0.717, 1.165) is 58.5 Å². The Labute approximate surface area is 169 Å². The fourth-order valence-corrected chi connectivity index (χ4v) is 3.68. The summed E-state index contributed by atoms with van der Waals surface area (Å²) in [5.74, 6) is 1.91. The van der Waals surface area contributed by atoms with Gasteiger partial charge >= 0.3 is 0 Å². The number of halogens is 1. The molecule has 4 aromatic rings. The third kappa shape index (κ3) is 3.54. The molecule has 2 heterocycles. The summed E-state index contributed by atoms with van der Waals surface area (Å²) in [6.45, 7) is 6.61. The molecule has 0 radical (unpaired) electrons. The number of unbranched alkanes of at least 4 members (excludes halogenated alkanes) is 1. The normalized spacial score (nSPS) is 11.6. The van der Waals surface area contributed by atoms with Crippen molar-refractivity contribution in [1.29, 1.82) is 0 Å². The average Bonchev–Trinajstić information content (AvgIpc) is 3.04. The number of hydrogen-bond acceptors (Lipinski definition) is 4. The van der Waals surface area contributed by atoms with Gasteiger partial charge in [-0.15, -0.1) is 0 Å². The molecule has 1 N–H and O–H groups in total. The number of aryl methyl sites for hydroxylation is 1. The van der Waals surface area contributed by atoms with Crippen molar-refractivity contribution in [1.82, 2.24) is 19.5 Å². The van der Waals surface area contributed by atoms with Crippen molar-refractivity contribution in [2.24, 2.45) is 0 Å². The van der Waals surface area contributed by atoms with Crippen LogP contribution in [0.4, 0.5) is 11.5 Å². The van der Waals surface area contributed by atoms with E-state index >= 15 is 0 Å². The van der Waals surface area contributed by atoms with Crippen LogP contribution in [0.2, 0.25) is 5.02 Å². The Morgan fingerprint density at radius 1 is 1.07 bits per heavy atom. The number of nitrogens with zero attached hydrogens (tertiary/aromatic N) is 4. The van der Waals surface area contributed by atoms with Gasteiger partial charge in [0.15, 0.2) is 0 Å². The summed E-state index contributed by atoms with van der Waals surface area (Å²) in [5.41, 5.74) is 3.95. The molecule has 0 saturated carbocycles. The average molecular weight is 394 g/mol. The van der Waals surface area contributed by atoms with E-state index in [0.29, 0.717) is 11.1 Å². The van der Waals surface area contributed by atoms with Crippen LogP contribution < -0.4 is 5.32 Å². The quantitative estimate of drug-likeness (QED) is 0.417. The first kappa shape index (κ1) is 18.7. The number of anilines is 2. The molecule has 2 aromatic heterocycles. The summed E-state index contributed by atoms with van der Waals surface area (Å²) in [7, 11) is 0. The summed E-state index contributed by atoms with van der Waals surface area (Å²) in [6, 6.07) is 12.2. The molecule has 2 aromatic carbocycles. The third-order valence-corrected chi connectivity index (χ3v) is 5.15. The maximum absolute atomic E-state index is 5.99. The first-order valence-corrected chi connectivity index (χ1v) is 10.1. The molecule has 0 bridgehead atoms. The Morgan fingerprint density at radius 3 is 2.57 bits per heavy atom. The lowest BCUT2D eigenvalue weighted by Gasteiger charge is -2.13. The van der Waals surface area contributed by atoms with Crippen LogP contribution in [0.5, 0.6) is 0 Å². The standard InChI is InChI=1S/C22H24ClN5/c1-4-5-6-21-27-19-11-17-18(12-20(19)28(21)14(2)3)24-13-25-22(17)26-16-9-7-15(23)8-10-16/h7-14H,4-6H2,1-3H3,(H,24,25,26). The van der Waals surface area contributed by atoms with E-state index in [-0.39, 0.29) is 0 Å². The molecule has 4 rings (SSSR count). The minimum Gasteiger partial charge on any atom is -0.340 e. The van der Waals surface area contributed by atoms with E-state index in [1.807, 2.05) is 24.3 Å². The second-order valence-electron chi connectivity index (χ2n) is 7.31. The van der Waals surface area contributed by atoms with Gasteiger partial charge in [-0.25, -0.2) is 15.0 Å². The van der Waals surface area contributed by atoms with Gasteiger partial charge in [-0.1, -0.05) is 24.9 Å². The minimum absolute atomic E-state index is 0.350. The molecule has 0 fully saturated rings. The molecule has 0 spiro atoms. The highest BCUT2D eigenvalue weighted by Crippen LogP contribution is 2.30. The molecule has 28 heavy (non-hydrogen) atoms. The zero-order valence-corrected chi connectivity index (χ0v) is 17.2. The van der Waals surface area contributed by atoms with Crippen LogP contribution in [0.25, 0.3) is 21.9 Å². The maximum Gasteiger partial charge on any atom is 0.141 e. The molecule has 0 saturated heterocycles. The van der Waals surface area contributed by atoms with Gasteiger partial charge in [-0.2, -0.15) is 0 Å². The number of imidazole rings is 1. The van der Waals surface area contributed by atoms with Crippen LogP contribution in [0.1, 0.15) is 45.5 Å². The van der Waals surface area contributed by atoms with Crippen molar-refractivity contribution in [2.45, 2.75) is 46.1 Å². The molecule has 144 valence electrons. The van der Waals surface area contributed by atoms with Gasteiger partial charge in [0.2, 0.25) is 0 Å². The van der Waals surface area contributed by atoms with Gasteiger partial charge in [0.25, 0.3) is 0 Å². The number of hydrogen-bond donors (Lipinski definition) is 1. The van der Waals surface area contributed by atoms with Crippen LogP contribution in [-0.2, 0) is 6.42 Å². The Hall–Kier alpha value is -2.66. The van der Waals surface area contributed by atoms with Gasteiger partial charge in [-0.05, 0) is 56.7 Å². The van der Waals surface area contributed by atoms with Gasteiger partial charge in [0.05, 0.1) is 16.6 Å². The fraction of sp³-hybridized carbons (Fsp3) is 0.318. The summed E-state index contributed by atoms with van der Waals surface area (Å²) in [4.78, 5) is 13.9. The number of rotatable bonds is 6. The van der Waals surface area contributed by atoms with E-state index in [2.05, 4.69) is 52.8 Å². The van der Waals surface area contributed by atoms with E-state index in [9.17, 15) is 0 Å². The highest BCUT2D eigenvalue weighted by atomic mass is 35.5. The molecule has 6 heteroatoms. The summed E-state index contributed by atoms with van der Waals surface area (Å²) < 4.78 is 2.33. The molecular weight excluding hydrogens is 370 g/mol. The second-order valence-corrected chi connectivity index (χ2v) is 7.74. The predicted octanol–water partition coefficient (Wildman–Crippen LogP) is 6.30. The molecule has 0 atom stereocenters. The van der Waals surface area contributed by atoms with Gasteiger partial charge in [0, 0.05) is 28.6 Å². The Bertz CT molecular complexity index is 1120. The van der Waals surface area contributed by atoms with Crippen LogP contribution in [0.15, 0.2) is 42.7 Å². The number of nitrogens with one attached hydrogen (secondary N) is 1. The lowest BCUT2D eigenvalue weighted by Crippen LogP contribution is -2.06. The Kier molecular flexibility index (Phi) is 5.18. The summed E-state index contributed by atoms with van der Waals surface area (Å²) >= 11 is 5.99. The molecule has 0 aliphatic carbocycles. The smallest absolute Gasteiger partial charge is 0.141 e. The highest BCUT2D eigenvalue weighted by molar-refractivity contribution is 6.30.